The standard InChI is InChI=1S/C14H16N4O.ClH/c1-2-4-12-11(3-1)15-7-8-18(12)9-13-16-14(19-17-13)10-5-6-10;/h1-4,10,15H,5-9H2;1H. The van der Waals surface area contributed by atoms with Crippen molar-refractivity contribution in [1.29, 1.82) is 0 Å². The zero-order chi connectivity index (χ0) is 12.7. The van der Waals surface area contributed by atoms with Gasteiger partial charge in [-0.3, -0.25) is 0 Å². The van der Waals surface area contributed by atoms with Gasteiger partial charge in [0, 0.05) is 19.0 Å². The molecule has 6 heteroatoms. The van der Waals surface area contributed by atoms with Crippen LogP contribution in [0.1, 0.15) is 30.5 Å². The van der Waals surface area contributed by atoms with Crippen LogP contribution in [0.2, 0.25) is 0 Å². The molecule has 1 N–H and O–H groups in total. The fourth-order valence-electron chi connectivity index (χ4n) is 2.51. The first-order chi connectivity index (χ1) is 9.40. The molecule has 1 aliphatic heterocycles. The molecule has 2 heterocycles. The molecule has 0 radical (unpaired) electrons. The number of aromatic nitrogens is 2. The number of nitrogens with one attached hydrogen (secondary N) is 1. The van der Waals surface area contributed by atoms with E-state index in [0.717, 1.165) is 31.3 Å². The Bertz CT molecular complexity index is 596. The SMILES string of the molecule is Cl.c1ccc2c(c1)NCCN2Cc1noc(C2CC2)n1. The maximum atomic E-state index is 5.31. The van der Waals surface area contributed by atoms with Crippen LogP contribution in [0.5, 0.6) is 0 Å². The molecule has 1 aromatic carbocycles. The summed E-state index contributed by atoms with van der Waals surface area (Å²) < 4.78 is 5.31. The minimum Gasteiger partial charge on any atom is -0.382 e. The predicted octanol–water partition coefficient (Wildman–Crippen LogP) is 2.80. The highest BCUT2D eigenvalue weighted by molar-refractivity contribution is 5.85. The van der Waals surface area contributed by atoms with Crippen LogP contribution in [0, 0.1) is 0 Å². The summed E-state index contributed by atoms with van der Waals surface area (Å²) in [6.45, 7) is 2.63. The van der Waals surface area contributed by atoms with E-state index in [0.29, 0.717) is 5.92 Å². The number of halogens is 1. The van der Waals surface area contributed by atoms with Crippen molar-refractivity contribution in [1.82, 2.24) is 10.1 Å². The van der Waals surface area contributed by atoms with Gasteiger partial charge in [0.2, 0.25) is 5.89 Å². The third kappa shape index (κ3) is 2.45. The lowest BCUT2D eigenvalue weighted by Crippen LogP contribution is -2.33. The van der Waals surface area contributed by atoms with Gasteiger partial charge in [-0.2, -0.15) is 4.98 Å². The van der Waals surface area contributed by atoms with Gasteiger partial charge in [0.25, 0.3) is 0 Å². The van der Waals surface area contributed by atoms with E-state index in [1.807, 2.05) is 0 Å². The van der Waals surface area contributed by atoms with Crippen molar-refractivity contribution in [2.24, 2.45) is 0 Å². The molecule has 1 saturated carbocycles. The zero-order valence-corrected chi connectivity index (χ0v) is 11.9. The van der Waals surface area contributed by atoms with Crippen LogP contribution in [-0.4, -0.2) is 23.2 Å². The molecule has 0 amide bonds. The summed E-state index contributed by atoms with van der Waals surface area (Å²) in [6, 6.07) is 8.34. The number of benzene rings is 1. The second-order valence-electron chi connectivity index (χ2n) is 5.19. The molecule has 0 saturated heterocycles. The number of rotatable bonds is 3. The molecule has 5 nitrogen and oxygen atoms in total. The van der Waals surface area contributed by atoms with E-state index in [4.69, 9.17) is 4.52 Å². The fraction of sp³-hybridized carbons (Fsp3) is 0.429. The molecule has 0 unspecified atom stereocenters. The summed E-state index contributed by atoms with van der Waals surface area (Å²) in [5.74, 6) is 2.13. The lowest BCUT2D eigenvalue weighted by atomic mass is 10.2. The molecule has 1 fully saturated rings. The Labute approximate surface area is 123 Å². The number of anilines is 2. The summed E-state index contributed by atoms with van der Waals surface area (Å²) in [6.07, 6.45) is 2.39. The highest BCUT2D eigenvalue weighted by Crippen LogP contribution is 2.39. The molecule has 0 bridgehead atoms. The first kappa shape index (κ1) is 13.2. The van der Waals surface area contributed by atoms with E-state index in [1.54, 1.807) is 0 Å². The van der Waals surface area contributed by atoms with Crippen molar-refractivity contribution in [3.05, 3.63) is 36.0 Å². The largest absolute Gasteiger partial charge is 0.382 e. The molecule has 2 aromatic rings. The molecule has 0 atom stereocenters. The number of hydrogen-bond donors (Lipinski definition) is 1. The minimum atomic E-state index is 0. The molecule has 1 aliphatic carbocycles. The van der Waals surface area contributed by atoms with Crippen LogP contribution in [0.25, 0.3) is 0 Å². The van der Waals surface area contributed by atoms with Gasteiger partial charge in [-0.15, -0.1) is 12.4 Å². The highest BCUT2D eigenvalue weighted by Gasteiger charge is 2.30. The second-order valence-corrected chi connectivity index (χ2v) is 5.19. The Morgan fingerprint density at radius 2 is 2.15 bits per heavy atom. The zero-order valence-electron chi connectivity index (χ0n) is 11.1. The van der Waals surface area contributed by atoms with Crippen LogP contribution in [0.15, 0.2) is 28.8 Å². The van der Waals surface area contributed by atoms with Gasteiger partial charge in [0.15, 0.2) is 5.82 Å². The average molecular weight is 293 g/mol. The lowest BCUT2D eigenvalue weighted by molar-refractivity contribution is 0.373. The average Bonchev–Trinajstić information content (AvgIpc) is 3.20. The summed E-state index contributed by atoms with van der Waals surface area (Å²) in [5.41, 5.74) is 2.39. The Balaban J connectivity index is 0.00000121. The van der Waals surface area contributed by atoms with Crippen molar-refractivity contribution in [2.75, 3.05) is 23.3 Å². The van der Waals surface area contributed by atoms with Crippen LogP contribution in [0.4, 0.5) is 11.4 Å². The summed E-state index contributed by atoms with van der Waals surface area (Å²) in [7, 11) is 0. The molecule has 20 heavy (non-hydrogen) atoms. The summed E-state index contributed by atoms with van der Waals surface area (Å²) in [4.78, 5) is 6.80. The number of fused-ring (bicyclic) bond motifs is 1. The fourth-order valence-corrected chi connectivity index (χ4v) is 2.51. The van der Waals surface area contributed by atoms with Gasteiger partial charge in [-0.1, -0.05) is 17.3 Å². The number of nitrogens with zero attached hydrogens (tertiary/aromatic N) is 3. The maximum Gasteiger partial charge on any atom is 0.229 e. The summed E-state index contributed by atoms with van der Waals surface area (Å²) >= 11 is 0. The maximum absolute atomic E-state index is 5.31. The van der Waals surface area contributed by atoms with E-state index >= 15 is 0 Å². The molecular weight excluding hydrogens is 276 g/mol. The van der Waals surface area contributed by atoms with Crippen molar-refractivity contribution in [3.8, 4) is 0 Å². The molecular formula is C14H17ClN4O. The lowest BCUT2D eigenvalue weighted by Gasteiger charge is -2.30. The van der Waals surface area contributed by atoms with Gasteiger partial charge in [-0.05, 0) is 25.0 Å². The molecule has 0 spiro atoms. The number of para-hydroxylation sites is 2. The van der Waals surface area contributed by atoms with Crippen LogP contribution in [-0.2, 0) is 6.54 Å². The van der Waals surface area contributed by atoms with E-state index < -0.39 is 0 Å². The van der Waals surface area contributed by atoms with Gasteiger partial charge >= 0.3 is 0 Å². The first-order valence-corrected chi connectivity index (χ1v) is 6.80. The third-order valence-electron chi connectivity index (χ3n) is 3.68. The minimum absolute atomic E-state index is 0. The second kappa shape index (κ2) is 5.32. The van der Waals surface area contributed by atoms with Crippen molar-refractivity contribution >= 4 is 23.8 Å². The van der Waals surface area contributed by atoms with Crippen LogP contribution in [0.3, 0.4) is 0 Å². The van der Waals surface area contributed by atoms with Gasteiger partial charge < -0.3 is 14.7 Å². The van der Waals surface area contributed by atoms with Crippen molar-refractivity contribution in [2.45, 2.75) is 25.3 Å². The topological polar surface area (TPSA) is 54.2 Å². The Kier molecular flexibility index (Phi) is 3.53. The molecule has 106 valence electrons. The molecule has 4 rings (SSSR count). The van der Waals surface area contributed by atoms with Gasteiger partial charge in [0.1, 0.15) is 0 Å². The molecule has 1 aromatic heterocycles. The summed E-state index contributed by atoms with van der Waals surface area (Å²) in [5, 5.41) is 7.50. The van der Waals surface area contributed by atoms with E-state index in [1.165, 1.54) is 24.2 Å². The smallest absolute Gasteiger partial charge is 0.229 e. The van der Waals surface area contributed by atoms with E-state index in [-0.39, 0.29) is 12.4 Å². The normalized spacial score (nSPS) is 17.1. The Morgan fingerprint density at radius 3 is 3.00 bits per heavy atom. The van der Waals surface area contributed by atoms with Crippen LogP contribution < -0.4 is 10.2 Å². The van der Waals surface area contributed by atoms with E-state index in [9.17, 15) is 0 Å². The van der Waals surface area contributed by atoms with Gasteiger partial charge in [0.05, 0.1) is 17.9 Å². The number of hydrogen-bond acceptors (Lipinski definition) is 5. The van der Waals surface area contributed by atoms with Crippen molar-refractivity contribution in [3.63, 3.8) is 0 Å². The Morgan fingerprint density at radius 1 is 1.30 bits per heavy atom. The molecule has 2 aliphatic rings. The first-order valence-electron chi connectivity index (χ1n) is 6.80. The van der Waals surface area contributed by atoms with Crippen LogP contribution >= 0.6 is 12.4 Å². The Hall–Kier alpha value is -1.75. The van der Waals surface area contributed by atoms with E-state index in [2.05, 4.69) is 44.6 Å². The third-order valence-corrected chi connectivity index (χ3v) is 3.68. The van der Waals surface area contributed by atoms with Crippen molar-refractivity contribution < 1.29 is 4.52 Å². The van der Waals surface area contributed by atoms with Gasteiger partial charge in [-0.25, -0.2) is 0 Å². The monoisotopic (exact) mass is 292 g/mol. The predicted molar refractivity (Wildman–Crippen MR) is 79.5 cm³/mol. The quantitative estimate of drug-likeness (QED) is 0.943. The highest BCUT2D eigenvalue weighted by atomic mass is 35.5.